The maximum atomic E-state index is 13.6. The van der Waals surface area contributed by atoms with Crippen LogP contribution in [0, 0.1) is 5.92 Å². The Hall–Kier alpha value is -3.94. The van der Waals surface area contributed by atoms with Gasteiger partial charge in [0, 0.05) is 18.2 Å². The Morgan fingerprint density at radius 1 is 1.11 bits per heavy atom. The molecule has 2 aromatic heterocycles. The fourth-order valence-electron chi connectivity index (χ4n) is 4.09. The Bertz CT molecular complexity index is 1540. The first kappa shape index (κ1) is 25.2. The predicted octanol–water partition coefficient (Wildman–Crippen LogP) is 4.08. The zero-order chi connectivity index (χ0) is 26.0. The molecule has 0 spiro atoms. The summed E-state index contributed by atoms with van der Waals surface area (Å²) < 4.78 is 4.39. The lowest BCUT2D eigenvalue weighted by molar-refractivity contribution is 0.0939. The first-order chi connectivity index (χ1) is 17.2. The van der Waals surface area contributed by atoms with Crippen molar-refractivity contribution >= 4 is 28.7 Å². The minimum Gasteiger partial charge on any atom is -0.350 e. The molecule has 2 heterocycles. The van der Waals surface area contributed by atoms with E-state index in [4.69, 9.17) is 0 Å². The van der Waals surface area contributed by atoms with Gasteiger partial charge in [0.1, 0.15) is 0 Å². The number of carbonyl (C=O) groups excluding carboxylic acids is 1. The largest absolute Gasteiger partial charge is 0.352 e. The third-order valence-corrected chi connectivity index (χ3v) is 6.51. The van der Waals surface area contributed by atoms with Crippen LogP contribution in [0.2, 0.25) is 0 Å². The summed E-state index contributed by atoms with van der Waals surface area (Å²) >= 11 is 0. The van der Waals surface area contributed by atoms with E-state index in [1.807, 2.05) is 38.1 Å². The van der Waals surface area contributed by atoms with Crippen LogP contribution < -0.4 is 16.6 Å². The molecule has 8 nitrogen and oxygen atoms in total. The average molecular weight is 488 g/mol. The molecular formula is C28H33N5O3. The second-order valence-electron chi connectivity index (χ2n) is 9.68. The number of benzene rings is 2. The van der Waals surface area contributed by atoms with E-state index in [0.717, 1.165) is 24.0 Å². The summed E-state index contributed by atoms with van der Waals surface area (Å²) in [5.74, 6) is 0.405. The molecule has 1 amide bonds. The molecule has 36 heavy (non-hydrogen) atoms. The topological polar surface area (TPSA) is 90.4 Å². The van der Waals surface area contributed by atoms with Crippen molar-refractivity contribution in [2.75, 3.05) is 0 Å². The van der Waals surface area contributed by atoms with Crippen LogP contribution in [0.4, 0.5) is 0 Å². The number of aromatic nitrogens is 4. The fourth-order valence-corrected chi connectivity index (χ4v) is 4.09. The summed E-state index contributed by atoms with van der Waals surface area (Å²) in [7, 11) is 0. The lowest BCUT2D eigenvalue weighted by atomic mass is 10.1. The van der Waals surface area contributed by atoms with Gasteiger partial charge < -0.3 is 5.32 Å². The van der Waals surface area contributed by atoms with E-state index in [9.17, 15) is 14.4 Å². The quantitative estimate of drug-likeness (QED) is 0.385. The van der Waals surface area contributed by atoms with E-state index in [0.29, 0.717) is 28.9 Å². The smallest absolute Gasteiger partial charge is 0.350 e. The molecule has 0 radical (unpaired) electrons. The van der Waals surface area contributed by atoms with Crippen LogP contribution in [0.5, 0.6) is 0 Å². The molecule has 0 bridgehead atoms. The normalized spacial score (nSPS) is 12.4. The highest BCUT2D eigenvalue weighted by molar-refractivity contribution is 5.98. The van der Waals surface area contributed by atoms with Crippen molar-refractivity contribution in [1.29, 1.82) is 0 Å². The predicted molar refractivity (Wildman–Crippen MR) is 144 cm³/mol. The van der Waals surface area contributed by atoms with E-state index < -0.39 is 0 Å². The fraction of sp³-hybridized carbons (Fsp3) is 0.357. The van der Waals surface area contributed by atoms with Crippen LogP contribution in [-0.2, 0) is 13.1 Å². The highest BCUT2D eigenvalue weighted by Crippen LogP contribution is 2.16. The van der Waals surface area contributed by atoms with Crippen molar-refractivity contribution < 1.29 is 4.79 Å². The molecule has 0 aliphatic rings. The Balaban J connectivity index is 1.91. The van der Waals surface area contributed by atoms with Crippen molar-refractivity contribution in [2.45, 2.75) is 59.7 Å². The monoisotopic (exact) mass is 487 g/mol. The molecule has 4 rings (SSSR count). The molecule has 0 aliphatic carbocycles. The van der Waals surface area contributed by atoms with Gasteiger partial charge in [-0.3, -0.25) is 14.2 Å². The summed E-state index contributed by atoms with van der Waals surface area (Å²) in [5, 5.41) is 7.90. The zero-order valence-electron chi connectivity index (χ0n) is 21.3. The minimum atomic E-state index is -0.361. The highest BCUT2D eigenvalue weighted by Gasteiger charge is 2.19. The number of aryl methyl sites for hydroxylation is 1. The molecule has 1 atom stereocenters. The van der Waals surface area contributed by atoms with Gasteiger partial charge >= 0.3 is 5.69 Å². The van der Waals surface area contributed by atoms with Gasteiger partial charge in [0.15, 0.2) is 0 Å². The second kappa shape index (κ2) is 10.4. The third kappa shape index (κ3) is 4.89. The summed E-state index contributed by atoms with van der Waals surface area (Å²) in [4.78, 5) is 39.9. The maximum Gasteiger partial charge on any atom is 0.352 e. The first-order valence-corrected chi connectivity index (χ1v) is 12.4. The van der Waals surface area contributed by atoms with Gasteiger partial charge in [-0.25, -0.2) is 13.9 Å². The molecule has 2 aromatic carbocycles. The van der Waals surface area contributed by atoms with E-state index >= 15 is 0 Å². The van der Waals surface area contributed by atoms with Crippen molar-refractivity contribution in [2.24, 2.45) is 5.92 Å². The van der Waals surface area contributed by atoms with Crippen LogP contribution in [0.15, 0.2) is 58.6 Å². The number of nitrogens with zero attached hydrogens (tertiary/aromatic N) is 4. The van der Waals surface area contributed by atoms with Crippen LogP contribution in [0.25, 0.3) is 22.8 Å². The van der Waals surface area contributed by atoms with E-state index in [-0.39, 0.29) is 35.5 Å². The first-order valence-electron chi connectivity index (χ1n) is 12.4. The van der Waals surface area contributed by atoms with Crippen molar-refractivity contribution in [3.63, 3.8) is 0 Å². The standard InChI is InChI=1S/C28H33N5O3/c1-6-19(5)29-25(34)22-12-13-23-24(16-22)33-27(31(26(23)35)15-14-18(3)4)30-32(28(33)36)17-21-10-8-20(7-2)9-11-21/h7-13,16,18-19H,2,6,14-15,17H2,1,3-5H3,(H,29,34)/t19-/m0/s1. The van der Waals surface area contributed by atoms with Crippen molar-refractivity contribution in [3.05, 3.63) is 86.6 Å². The third-order valence-electron chi connectivity index (χ3n) is 6.51. The SMILES string of the molecule is C=Cc1ccc(Cn2nc3n(CCC(C)C)c(=O)c4ccc(C(=O)N[C@@H](C)CC)cc4n3c2=O)cc1. The average Bonchev–Trinajstić information content (AvgIpc) is 3.19. The number of nitrogens with one attached hydrogen (secondary N) is 1. The lowest BCUT2D eigenvalue weighted by Gasteiger charge is -2.13. The van der Waals surface area contributed by atoms with Gasteiger partial charge in [0.25, 0.3) is 11.5 Å². The van der Waals surface area contributed by atoms with E-state index in [1.165, 1.54) is 9.08 Å². The minimum absolute atomic E-state index is 0.00945. The van der Waals surface area contributed by atoms with Crippen LogP contribution in [0.3, 0.4) is 0 Å². The Labute approximate surface area is 209 Å². The Kier molecular flexibility index (Phi) is 7.24. The molecular weight excluding hydrogens is 454 g/mol. The zero-order valence-corrected chi connectivity index (χ0v) is 21.3. The second-order valence-corrected chi connectivity index (χ2v) is 9.68. The summed E-state index contributed by atoms with van der Waals surface area (Å²) in [6.07, 6.45) is 3.32. The summed E-state index contributed by atoms with van der Waals surface area (Å²) in [5.41, 5.74) is 2.08. The number of carbonyl (C=O) groups is 1. The van der Waals surface area contributed by atoms with Crippen LogP contribution in [-0.4, -0.2) is 30.7 Å². The van der Waals surface area contributed by atoms with Gasteiger partial charge in [-0.2, -0.15) is 0 Å². The van der Waals surface area contributed by atoms with Gasteiger partial charge in [0.05, 0.1) is 17.4 Å². The molecule has 0 unspecified atom stereocenters. The van der Waals surface area contributed by atoms with Crippen LogP contribution >= 0.6 is 0 Å². The molecule has 1 N–H and O–H groups in total. The Morgan fingerprint density at radius 3 is 2.47 bits per heavy atom. The highest BCUT2D eigenvalue weighted by atomic mass is 16.2. The number of hydrogen-bond acceptors (Lipinski definition) is 4. The molecule has 188 valence electrons. The van der Waals surface area contributed by atoms with Crippen molar-refractivity contribution in [1.82, 2.24) is 24.1 Å². The molecule has 0 saturated heterocycles. The van der Waals surface area contributed by atoms with Crippen molar-refractivity contribution in [3.8, 4) is 0 Å². The number of amides is 1. The molecule has 8 heteroatoms. The number of hydrogen-bond donors (Lipinski definition) is 1. The van der Waals surface area contributed by atoms with Gasteiger partial charge in [0.2, 0.25) is 5.78 Å². The maximum absolute atomic E-state index is 13.6. The molecule has 0 saturated carbocycles. The lowest BCUT2D eigenvalue weighted by Crippen LogP contribution is -2.32. The molecule has 0 aliphatic heterocycles. The summed E-state index contributed by atoms with van der Waals surface area (Å²) in [6, 6.07) is 12.6. The van der Waals surface area contributed by atoms with E-state index in [2.05, 4.69) is 30.8 Å². The number of fused-ring (bicyclic) bond motifs is 3. The summed E-state index contributed by atoms with van der Waals surface area (Å²) in [6.45, 7) is 12.6. The Morgan fingerprint density at radius 2 is 1.83 bits per heavy atom. The number of rotatable bonds is 9. The van der Waals surface area contributed by atoms with Gasteiger partial charge in [-0.1, -0.05) is 57.7 Å². The molecule has 4 aromatic rings. The molecule has 0 fully saturated rings. The van der Waals surface area contributed by atoms with E-state index in [1.54, 1.807) is 28.8 Å². The van der Waals surface area contributed by atoms with Gasteiger partial charge in [-0.05, 0) is 55.0 Å². The van der Waals surface area contributed by atoms with Gasteiger partial charge in [-0.15, -0.1) is 5.10 Å². The van der Waals surface area contributed by atoms with Crippen LogP contribution in [0.1, 0.15) is 62.0 Å².